The van der Waals surface area contributed by atoms with Crippen LogP contribution in [0.1, 0.15) is 84.9 Å². The van der Waals surface area contributed by atoms with Crippen molar-refractivity contribution in [3.8, 4) is 0 Å². The zero-order valence-corrected chi connectivity index (χ0v) is 17.8. The molecule has 29 heavy (non-hydrogen) atoms. The van der Waals surface area contributed by atoms with Crippen LogP contribution < -0.4 is 5.32 Å². The molecule has 1 N–H and O–H groups in total. The molecular formula is C23H32N4O2. The highest BCUT2D eigenvalue weighted by atomic mass is 16.2. The zero-order chi connectivity index (χ0) is 20.8. The molecule has 1 unspecified atom stereocenters. The van der Waals surface area contributed by atoms with Gasteiger partial charge < -0.3 is 14.8 Å². The van der Waals surface area contributed by atoms with E-state index >= 15 is 0 Å². The predicted octanol–water partition coefficient (Wildman–Crippen LogP) is 3.97. The zero-order valence-electron chi connectivity index (χ0n) is 17.8. The Kier molecular flexibility index (Phi) is 7.07. The van der Waals surface area contributed by atoms with Gasteiger partial charge in [-0.1, -0.05) is 44.2 Å². The van der Waals surface area contributed by atoms with E-state index in [0.717, 1.165) is 49.9 Å². The van der Waals surface area contributed by atoms with E-state index in [9.17, 15) is 9.59 Å². The van der Waals surface area contributed by atoms with Crippen LogP contribution in [0.2, 0.25) is 0 Å². The SMILES string of the molecule is CCCN(CCC)C(=O)c1nc(C(=O)NC(C)c2ccccc2)c2n1CCCC2. The van der Waals surface area contributed by atoms with Gasteiger partial charge in [-0.3, -0.25) is 9.59 Å². The van der Waals surface area contributed by atoms with Gasteiger partial charge in [0.25, 0.3) is 11.8 Å². The van der Waals surface area contributed by atoms with Crippen molar-refractivity contribution in [3.05, 3.63) is 53.1 Å². The number of hydrogen-bond acceptors (Lipinski definition) is 3. The number of rotatable bonds is 8. The van der Waals surface area contributed by atoms with E-state index in [2.05, 4.69) is 24.1 Å². The Morgan fingerprint density at radius 3 is 2.48 bits per heavy atom. The number of aromatic nitrogens is 2. The molecule has 2 aromatic rings. The Labute approximate surface area is 173 Å². The maximum Gasteiger partial charge on any atom is 0.289 e. The molecule has 2 heterocycles. The van der Waals surface area contributed by atoms with E-state index in [1.807, 2.05) is 46.7 Å². The molecule has 1 atom stereocenters. The van der Waals surface area contributed by atoms with Gasteiger partial charge >= 0.3 is 0 Å². The molecule has 156 valence electrons. The Balaban J connectivity index is 1.88. The predicted molar refractivity (Wildman–Crippen MR) is 114 cm³/mol. The lowest BCUT2D eigenvalue weighted by Crippen LogP contribution is -2.35. The number of benzene rings is 1. The van der Waals surface area contributed by atoms with E-state index in [1.165, 1.54) is 0 Å². The number of carbonyl (C=O) groups excluding carboxylic acids is 2. The summed E-state index contributed by atoms with van der Waals surface area (Å²) in [6.07, 6.45) is 4.61. The first-order valence-electron chi connectivity index (χ1n) is 10.8. The third kappa shape index (κ3) is 4.69. The molecule has 1 aliphatic rings. The standard InChI is InChI=1S/C23H32N4O2/c1-4-14-26(15-5-2)23(29)21-25-20(19-13-9-10-16-27(19)21)22(28)24-17(3)18-11-7-6-8-12-18/h6-8,11-12,17H,4-5,9-10,13-16H2,1-3H3,(H,24,28). The summed E-state index contributed by atoms with van der Waals surface area (Å²) in [6.45, 7) is 8.27. The number of fused-ring (bicyclic) bond motifs is 1. The highest BCUT2D eigenvalue weighted by Gasteiger charge is 2.30. The van der Waals surface area contributed by atoms with Crippen molar-refractivity contribution >= 4 is 11.8 Å². The van der Waals surface area contributed by atoms with Crippen LogP contribution in [0.3, 0.4) is 0 Å². The largest absolute Gasteiger partial charge is 0.344 e. The average Bonchev–Trinajstić information content (AvgIpc) is 3.13. The van der Waals surface area contributed by atoms with Crippen molar-refractivity contribution in [2.24, 2.45) is 0 Å². The smallest absolute Gasteiger partial charge is 0.289 e. The first kappa shape index (κ1) is 21.1. The van der Waals surface area contributed by atoms with Crippen LogP contribution in [0.25, 0.3) is 0 Å². The van der Waals surface area contributed by atoms with Gasteiger partial charge in [0.1, 0.15) is 5.69 Å². The summed E-state index contributed by atoms with van der Waals surface area (Å²) >= 11 is 0. The first-order valence-corrected chi connectivity index (χ1v) is 10.8. The Morgan fingerprint density at radius 1 is 1.14 bits per heavy atom. The fourth-order valence-corrected chi connectivity index (χ4v) is 3.97. The molecule has 0 spiro atoms. The minimum Gasteiger partial charge on any atom is -0.344 e. The second-order valence-corrected chi connectivity index (χ2v) is 7.74. The van der Waals surface area contributed by atoms with Crippen molar-refractivity contribution in [1.29, 1.82) is 0 Å². The molecule has 0 saturated carbocycles. The van der Waals surface area contributed by atoms with Crippen molar-refractivity contribution in [2.45, 2.75) is 65.5 Å². The molecule has 1 aromatic heterocycles. The number of nitrogens with zero attached hydrogens (tertiary/aromatic N) is 3. The van der Waals surface area contributed by atoms with Crippen molar-refractivity contribution in [1.82, 2.24) is 19.8 Å². The minimum absolute atomic E-state index is 0.0630. The van der Waals surface area contributed by atoms with Crippen molar-refractivity contribution in [3.63, 3.8) is 0 Å². The summed E-state index contributed by atoms with van der Waals surface area (Å²) in [5.74, 6) is 0.148. The molecule has 1 aliphatic heterocycles. The van der Waals surface area contributed by atoms with Crippen molar-refractivity contribution in [2.75, 3.05) is 13.1 Å². The van der Waals surface area contributed by atoms with Crippen LogP contribution in [0.15, 0.2) is 30.3 Å². The Hall–Kier alpha value is -2.63. The highest BCUT2D eigenvalue weighted by molar-refractivity contribution is 5.97. The summed E-state index contributed by atoms with van der Waals surface area (Å²) in [5.41, 5.74) is 2.34. The molecule has 0 bridgehead atoms. The van der Waals surface area contributed by atoms with E-state index < -0.39 is 0 Å². The van der Waals surface area contributed by atoms with E-state index in [1.54, 1.807) is 0 Å². The molecule has 0 radical (unpaired) electrons. The third-order valence-electron chi connectivity index (χ3n) is 5.45. The summed E-state index contributed by atoms with van der Waals surface area (Å²) in [4.78, 5) is 32.7. The van der Waals surface area contributed by atoms with Gasteiger partial charge in [-0.25, -0.2) is 4.98 Å². The number of hydrogen-bond donors (Lipinski definition) is 1. The van der Waals surface area contributed by atoms with Crippen LogP contribution in [-0.2, 0) is 13.0 Å². The second-order valence-electron chi connectivity index (χ2n) is 7.74. The maximum absolute atomic E-state index is 13.2. The van der Waals surface area contributed by atoms with Gasteiger partial charge in [-0.15, -0.1) is 0 Å². The van der Waals surface area contributed by atoms with Crippen LogP contribution >= 0.6 is 0 Å². The van der Waals surface area contributed by atoms with E-state index in [4.69, 9.17) is 0 Å². The van der Waals surface area contributed by atoms with Gasteiger partial charge in [0.2, 0.25) is 0 Å². The fourth-order valence-electron chi connectivity index (χ4n) is 3.97. The molecule has 3 rings (SSSR count). The van der Waals surface area contributed by atoms with Crippen LogP contribution in [-0.4, -0.2) is 39.4 Å². The van der Waals surface area contributed by atoms with Crippen LogP contribution in [0.4, 0.5) is 0 Å². The average molecular weight is 397 g/mol. The quantitative estimate of drug-likeness (QED) is 0.734. The fraction of sp³-hybridized carbons (Fsp3) is 0.522. The van der Waals surface area contributed by atoms with Crippen LogP contribution in [0, 0.1) is 0 Å². The molecule has 2 amide bonds. The lowest BCUT2D eigenvalue weighted by atomic mass is 10.1. The van der Waals surface area contributed by atoms with Gasteiger partial charge in [-0.05, 0) is 44.6 Å². The number of carbonyl (C=O) groups is 2. The van der Waals surface area contributed by atoms with Crippen LogP contribution in [0.5, 0.6) is 0 Å². The molecule has 0 aliphatic carbocycles. The minimum atomic E-state index is -0.205. The summed E-state index contributed by atoms with van der Waals surface area (Å²) in [5, 5.41) is 3.05. The molecule has 0 fully saturated rings. The van der Waals surface area contributed by atoms with Gasteiger partial charge in [0.15, 0.2) is 5.82 Å². The lowest BCUT2D eigenvalue weighted by molar-refractivity contribution is 0.0737. The van der Waals surface area contributed by atoms with Gasteiger partial charge in [0.05, 0.1) is 11.7 Å². The van der Waals surface area contributed by atoms with E-state index in [-0.39, 0.29) is 17.9 Å². The Morgan fingerprint density at radius 2 is 1.83 bits per heavy atom. The molecular weight excluding hydrogens is 364 g/mol. The van der Waals surface area contributed by atoms with E-state index in [0.29, 0.717) is 24.6 Å². The molecule has 1 aromatic carbocycles. The number of imidazole rings is 1. The van der Waals surface area contributed by atoms with Gasteiger partial charge in [-0.2, -0.15) is 0 Å². The molecule has 6 heteroatoms. The summed E-state index contributed by atoms with van der Waals surface area (Å²) in [7, 11) is 0. The monoisotopic (exact) mass is 396 g/mol. The third-order valence-corrected chi connectivity index (χ3v) is 5.45. The van der Waals surface area contributed by atoms with Crippen molar-refractivity contribution < 1.29 is 9.59 Å². The topological polar surface area (TPSA) is 67.2 Å². The highest BCUT2D eigenvalue weighted by Crippen LogP contribution is 2.23. The lowest BCUT2D eigenvalue weighted by Gasteiger charge is -2.23. The molecule has 0 saturated heterocycles. The maximum atomic E-state index is 13.2. The second kappa shape index (κ2) is 9.72. The summed E-state index contributed by atoms with van der Waals surface area (Å²) in [6, 6.07) is 9.75. The van der Waals surface area contributed by atoms with Gasteiger partial charge in [0, 0.05) is 19.6 Å². The normalized spacial score (nSPS) is 14.2. The summed E-state index contributed by atoms with van der Waals surface area (Å²) < 4.78 is 1.98. The number of amides is 2. The number of nitrogens with one attached hydrogen (secondary N) is 1. The Bertz CT molecular complexity index is 838. The molecule has 6 nitrogen and oxygen atoms in total. The first-order chi connectivity index (χ1) is 14.1.